The summed E-state index contributed by atoms with van der Waals surface area (Å²) in [7, 11) is 0. The van der Waals surface area contributed by atoms with Crippen LogP contribution in [-0.4, -0.2) is 0 Å². The maximum atomic E-state index is 9.06. The first-order valence-corrected chi connectivity index (χ1v) is 7.21. The summed E-state index contributed by atoms with van der Waals surface area (Å²) in [6.07, 6.45) is 0. The minimum absolute atomic E-state index is 0.0104. The van der Waals surface area contributed by atoms with Crippen molar-refractivity contribution in [3.8, 4) is 17.2 Å². The molecular formula is C19H21N. The second kappa shape index (κ2) is 5.13. The van der Waals surface area contributed by atoms with Crippen LogP contribution in [0.3, 0.4) is 0 Å². The number of hydrogen-bond donors (Lipinski definition) is 0. The third-order valence-corrected chi connectivity index (χ3v) is 4.04. The van der Waals surface area contributed by atoms with Gasteiger partial charge in [-0.25, -0.2) is 0 Å². The van der Waals surface area contributed by atoms with Crippen molar-refractivity contribution < 1.29 is 0 Å². The summed E-state index contributed by atoms with van der Waals surface area (Å²) in [5.41, 5.74) is 7.31. The molecule has 0 spiro atoms. The van der Waals surface area contributed by atoms with Crippen molar-refractivity contribution in [2.24, 2.45) is 0 Å². The van der Waals surface area contributed by atoms with Crippen LogP contribution in [0.2, 0.25) is 0 Å². The van der Waals surface area contributed by atoms with Crippen LogP contribution in [0.5, 0.6) is 0 Å². The number of aryl methyl sites for hydroxylation is 1. The highest BCUT2D eigenvalue weighted by atomic mass is 14.4. The Labute approximate surface area is 121 Å². The molecule has 3 rings (SSSR count). The van der Waals surface area contributed by atoms with Crippen LogP contribution >= 0.6 is 0 Å². The molecule has 0 bridgehead atoms. The zero-order valence-electron chi connectivity index (χ0n) is 12.9. The van der Waals surface area contributed by atoms with Crippen LogP contribution in [0, 0.1) is 18.3 Å². The van der Waals surface area contributed by atoms with E-state index in [-0.39, 0.29) is 5.41 Å². The van der Waals surface area contributed by atoms with Gasteiger partial charge in [-0.3, -0.25) is 0 Å². The van der Waals surface area contributed by atoms with E-state index in [1.165, 1.54) is 27.8 Å². The van der Waals surface area contributed by atoms with Crippen LogP contribution in [-0.2, 0) is 5.41 Å². The average Bonchev–Trinajstić information content (AvgIpc) is 2.70. The normalized spacial score (nSPS) is 13.6. The quantitative estimate of drug-likeness (QED) is 0.641. The molecule has 0 N–H and O–H groups in total. The van der Waals surface area contributed by atoms with Crippen molar-refractivity contribution in [1.29, 1.82) is 5.26 Å². The predicted octanol–water partition coefficient (Wildman–Crippen LogP) is 5.20. The van der Waals surface area contributed by atoms with Gasteiger partial charge in [0, 0.05) is 5.41 Å². The highest BCUT2D eigenvalue weighted by molar-refractivity contribution is 5.83. The van der Waals surface area contributed by atoms with Crippen molar-refractivity contribution in [1.82, 2.24) is 0 Å². The summed E-state index contributed by atoms with van der Waals surface area (Å²) in [6, 6.07) is 14.8. The molecule has 0 fully saturated rings. The zero-order chi connectivity index (χ0) is 14.9. The number of rotatable bonds is 0. The smallest absolute Gasteiger partial charge is 0.0991 e. The average molecular weight is 263 g/mol. The fourth-order valence-corrected chi connectivity index (χ4v) is 3.04. The minimum atomic E-state index is -0.0104. The van der Waals surface area contributed by atoms with Crippen molar-refractivity contribution in [2.45, 2.75) is 40.0 Å². The first-order chi connectivity index (χ1) is 9.55. The second-order valence-electron chi connectivity index (χ2n) is 5.49. The molecule has 1 aliphatic carbocycles. The van der Waals surface area contributed by atoms with E-state index >= 15 is 0 Å². The third-order valence-electron chi connectivity index (χ3n) is 4.04. The maximum Gasteiger partial charge on any atom is 0.0991 e. The molecule has 1 heteroatoms. The van der Waals surface area contributed by atoms with E-state index in [0.29, 0.717) is 0 Å². The van der Waals surface area contributed by atoms with Gasteiger partial charge in [-0.1, -0.05) is 52.0 Å². The Bertz CT molecular complexity index is 687. The second-order valence-corrected chi connectivity index (χ2v) is 5.49. The number of nitrogens with zero attached hydrogens (tertiary/aromatic N) is 1. The monoisotopic (exact) mass is 263 g/mol. The standard InChI is InChI=1S/C17H15N.C2H6/c1-11-5-4-6-14-16(11)13-8-7-12(10-18)9-15(13)17(14,2)3;1-2/h4-9H,1-3H3;1-2H3. The van der Waals surface area contributed by atoms with Gasteiger partial charge in [0.2, 0.25) is 0 Å². The van der Waals surface area contributed by atoms with Gasteiger partial charge in [0.05, 0.1) is 11.6 Å². The summed E-state index contributed by atoms with van der Waals surface area (Å²) < 4.78 is 0. The Morgan fingerprint density at radius 2 is 1.70 bits per heavy atom. The molecule has 0 aromatic heterocycles. The van der Waals surface area contributed by atoms with Crippen molar-refractivity contribution in [2.75, 3.05) is 0 Å². The van der Waals surface area contributed by atoms with Gasteiger partial charge in [0.25, 0.3) is 0 Å². The molecule has 0 amide bonds. The van der Waals surface area contributed by atoms with Crippen LogP contribution in [0.4, 0.5) is 0 Å². The topological polar surface area (TPSA) is 23.8 Å². The third kappa shape index (κ3) is 1.93. The number of benzene rings is 2. The molecule has 2 aromatic carbocycles. The highest BCUT2D eigenvalue weighted by Gasteiger charge is 2.36. The fraction of sp³-hybridized carbons (Fsp3) is 0.316. The van der Waals surface area contributed by atoms with Gasteiger partial charge in [-0.15, -0.1) is 0 Å². The summed E-state index contributed by atoms with van der Waals surface area (Å²) in [4.78, 5) is 0. The largest absolute Gasteiger partial charge is 0.192 e. The van der Waals surface area contributed by atoms with E-state index in [0.717, 1.165) is 5.56 Å². The molecule has 1 nitrogen and oxygen atoms in total. The van der Waals surface area contributed by atoms with Crippen LogP contribution in [0.25, 0.3) is 11.1 Å². The van der Waals surface area contributed by atoms with Gasteiger partial charge in [0.1, 0.15) is 0 Å². The van der Waals surface area contributed by atoms with Gasteiger partial charge < -0.3 is 0 Å². The van der Waals surface area contributed by atoms with E-state index < -0.39 is 0 Å². The lowest BCUT2D eigenvalue weighted by Crippen LogP contribution is -2.15. The molecule has 2 aromatic rings. The zero-order valence-corrected chi connectivity index (χ0v) is 12.9. The lowest BCUT2D eigenvalue weighted by Gasteiger charge is -2.21. The van der Waals surface area contributed by atoms with Crippen molar-refractivity contribution >= 4 is 0 Å². The minimum Gasteiger partial charge on any atom is -0.192 e. The van der Waals surface area contributed by atoms with Gasteiger partial charge in [-0.2, -0.15) is 5.26 Å². The van der Waals surface area contributed by atoms with Crippen LogP contribution in [0.1, 0.15) is 49.9 Å². The molecule has 0 atom stereocenters. The van der Waals surface area contributed by atoms with Crippen LogP contribution in [0.15, 0.2) is 36.4 Å². The lowest BCUT2D eigenvalue weighted by atomic mass is 9.82. The first kappa shape index (κ1) is 14.3. The Kier molecular flexibility index (Phi) is 3.68. The number of hydrogen-bond acceptors (Lipinski definition) is 1. The molecule has 0 aliphatic heterocycles. The van der Waals surface area contributed by atoms with Crippen molar-refractivity contribution in [3.05, 3.63) is 58.7 Å². The van der Waals surface area contributed by atoms with Crippen molar-refractivity contribution in [3.63, 3.8) is 0 Å². The Balaban J connectivity index is 0.000000704. The van der Waals surface area contributed by atoms with Gasteiger partial charge in [0.15, 0.2) is 0 Å². The molecule has 0 unspecified atom stereocenters. The van der Waals surface area contributed by atoms with E-state index in [9.17, 15) is 0 Å². The van der Waals surface area contributed by atoms with E-state index in [4.69, 9.17) is 5.26 Å². The molecule has 20 heavy (non-hydrogen) atoms. The fourth-order valence-electron chi connectivity index (χ4n) is 3.04. The predicted molar refractivity (Wildman–Crippen MR) is 84.8 cm³/mol. The van der Waals surface area contributed by atoms with Crippen LogP contribution < -0.4 is 0 Å². The molecule has 1 aliphatic rings. The summed E-state index contributed by atoms with van der Waals surface area (Å²) in [5.74, 6) is 0. The maximum absolute atomic E-state index is 9.06. The summed E-state index contributed by atoms with van der Waals surface area (Å²) >= 11 is 0. The summed E-state index contributed by atoms with van der Waals surface area (Å²) in [6.45, 7) is 10.6. The summed E-state index contributed by atoms with van der Waals surface area (Å²) in [5, 5.41) is 9.06. The molecule has 0 saturated heterocycles. The van der Waals surface area contributed by atoms with Gasteiger partial charge >= 0.3 is 0 Å². The Morgan fingerprint density at radius 1 is 1.00 bits per heavy atom. The SMILES string of the molecule is CC.Cc1cccc2c1-c1ccc(C#N)cc1C2(C)C. The van der Waals surface area contributed by atoms with E-state index in [1.807, 2.05) is 26.0 Å². The first-order valence-electron chi connectivity index (χ1n) is 7.21. The highest BCUT2D eigenvalue weighted by Crippen LogP contribution is 2.49. The molecular weight excluding hydrogens is 242 g/mol. The Morgan fingerprint density at radius 3 is 2.35 bits per heavy atom. The Hall–Kier alpha value is -2.07. The molecule has 0 saturated carbocycles. The molecule has 0 heterocycles. The lowest BCUT2D eigenvalue weighted by molar-refractivity contribution is 0.660. The van der Waals surface area contributed by atoms with Gasteiger partial charge in [-0.05, 0) is 46.9 Å². The molecule has 102 valence electrons. The number of nitriles is 1. The van der Waals surface area contributed by atoms with E-state index in [2.05, 4.69) is 51.1 Å². The molecule has 0 radical (unpaired) electrons. The number of fused-ring (bicyclic) bond motifs is 3. The van der Waals surface area contributed by atoms with E-state index in [1.54, 1.807) is 0 Å².